The highest BCUT2D eigenvalue weighted by molar-refractivity contribution is 6.22. The molecule has 0 N–H and O–H groups in total. The number of esters is 1. The summed E-state index contributed by atoms with van der Waals surface area (Å²) in [4.78, 5) is 44.6. The molecule has 2 aromatic carbocycles. The number of carbonyl (C=O) groups excluding carboxylic acids is 3. The van der Waals surface area contributed by atoms with Crippen molar-refractivity contribution in [2.24, 2.45) is 23.7 Å². The van der Waals surface area contributed by atoms with E-state index < -0.39 is 5.97 Å². The van der Waals surface area contributed by atoms with Crippen LogP contribution in [0.4, 0.5) is 5.69 Å². The van der Waals surface area contributed by atoms with E-state index in [2.05, 4.69) is 4.98 Å². The fraction of sp³-hybridized carbons (Fsp3) is 0.280. The number of imide groups is 1. The minimum absolute atomic E-state index is 0.119. The van der Waals surface area contributed by atoms with Crippen LogP contribution in [0.15, 0.2) is 60.8 Å². The standard InChI is InChI=1S/C25H20N2O4/c28-23-20-15-9-10-16(12-15)21(20)24(29)27(23)18-7-1-5-17(13-18)25(30)31-19-8-2-4-14-6-3-11-26-22(14)19/h1-8,11,13,15-16,20-21H,9-10,12H2/t15-,16+,20-,21-/m0/s1. The van der Waals surface area contributed by atoms with Gasteiger partial charge in [-0.15, -0.1) is 0 Å². The number of fused-ring (bicyclic) bond motifs is 6. The van der Waals surface area contributed by atoms with Crippen molar-refractivity contribution in [3.05, 3.63) is 66.4 Å². The van der Waals surface area contributed by atoms with Crippen LogP contribution >= 0.6 is 0 Å². The van der Waals surface area contributed by atoms with Crippen molar-refractivity contribution < 1.29 is 19.1 Å². The van der Waals surface area contributed by atoms with Gasteiger partial charge < -0.3 is 4.74 Å². The van der Waals surface area contributed by atoms with Gasteiger partial charge in [0, 0.05) is 11.6 Å². The fourth-order valence-electron chi connectivity index (χ4n) is 5.75. The van der Waals surface area contributed by atoms with E-state index in [0.717, 1.165) is 24.6 Å². The highest BCUT2D eigenvalue weighted by Crippen LogP contribution is 2.56. The Labute approximate surface area is 178 Å². The number of aromatic nitrogens is 1. The molecular formula is C25H20N2O4. The van der Waals surface area contributed by atoms with Crippen LogP contribution in [0.2, 0.25) is 0 Å². The zero-order chi connectivity index (χ0) is 21.1. The van der Waals surface area contributed by atoms with Crippen molar-refractivity contribution in [3.8, 4) is 5.75 Å². The molecule has 1 aliphatic heterocycles. The van der Waals surface area contributed by atoms with Crippen LogP contribution in [-0.2, 0) is 9.59 Å². The van der Waals surface area contributed by atoms with Gasteiger partial charge in [0.05, 0.1) is 23.1 Å². The quantitative estimate of drug-likeness (QED) is 0.369. The maximum absolute atomic E-state index is 13.1. The maximum Gasteiger partial charge on any atom is 0.343 e. The predicted molar refractivity (Wildman–Crippen MR) is 113 cm³/mol. The summed E-state index contributed by atoms with van der Waals surface area (Å²) in [5, 5.41) is 0.871. The zero-order valence-electron chi connectivity index (χ0n) is 16.7. The van der Waals surface area contributed by atoms with Crippen LogP contribution in [-0.4, -0.2) is 22.8 Å². The molecule has 3 fully saturated rings. The Balaban J connectivity index is 1.29. The summed E-state index contributed by atoms with van der Waals surface area (Å²) >= 11 is 0. The largest absolute Gasteiger partial charge is 0.421 e. The molecule has 1 aromatic heterocycles. The lowest BCUT2D eigenvalue weighted by Crippen LogP contribution is -2.32. The molecule has 154 valence electrons. The first-order valence-corrected chi connectivity index (χ1v) is 10.7. The minimum Gasteiger partial charge on any atom is -0.421 e. The molecule has 2 amide bonds. The first-order valence-electron chi connectivity index (χ1n) is 10.7. The molecule has 3 aliphatic rings. The van der Waals surface area contributed by atoms with Crippen molar-refractivity contribution in [1.82, 2.24) is 4.98 Å². The van der Waals surface area contributed by atoms with Crippen LogP contribution < -0.4 is 9.64 Å². The van der Waals surface area contributed by atoms with Crippen LogP contribution in [0.1, 0.15) is 29.6 Å². The fourth-order valence-corrected chi connectivity index (χ4v) is 5.75. The third-order valence-electron chi connectivity index (χ3n) is 7.07. The Kier molecular flexibility index (Phi) is 3.96. The summed E-state index contributed by atoms with van der Waals surface area (Å²) < 4.78 is 5.61. The van der Waals surface area contributed by atoms with Gasteiger partial charge in [-0.1, -0.05) is 24.3 Å². The number of hydrogen-bond donors (Lipinski definition) is 0. The Morgan fingerprint density at radius 3 is 2.42 bits per heavy atom. The summed E-state index contributed by atoms with van der Waals surface area (Å²) in [7, 11) is 0. The van der Waals surface area contributed by atoms with Crippen molar-refractivity contribution in [2.75, 3.05) is 4.90 Å². The predicted octanol–water partition coefficient (Wildman–Crippen LogP) is 3.99. The van der Waals surface area contributed by atoms with E-state index in [1.165, 1.54) is 4.90 Å². The number of carbonyl (C=O) groups is 3. The SMILES string of the molecule is O=C(Oc1cccc2cccnc12)c1cccc(N2C(=O)[C@H]3[C@@H]4CC[C@@H](C4)[C@@H]3C2=O)c1. The Bertz CT molecular complexity index is 1220. The topological polar surface area (TPSA) is 76.6 Å². The summed E-state index contributed by atoms with van der Waals surface area (Å²) in [6, 6.07) is 15.7. The van der Waals surface area contributed by atoms with Crippen molar-refractivity contribution >= 4 is 34.4 Å². The first-order chi connectivity index (χ1) is 15.1. The van der Waals surface area contributed by atoms with Crippen molar-refractivity contribution in [1.29, 1.82) is 0 Å². The van der Waals surface area contributed by atoms with Gasteiger partial charge in [-0.25, -0.2) is 4.79 Å². The second-order valence-corrected chi connectivity index (χ2v) is 8.67. The van der Waals surface area contributed by atoms with Gasteiger partial charge in [0.2, 0.25) is 11.8 Å². The Morgan fingerprint density at radius 1 is 0.935 bits per heavy atom. The lowest BCUT2D eigenvalue weighted by molar-refractivity contribution is -0.123. The smallest absolute Gasteiger partial charge is 0.343 e. The van der Waals surface area contributed by atoms with Crippen molar-refractivity contribution in [3.63, 3.8) is 0 Å². The average molecular weight is 412 g/mol. The molecule has 2 bridgehead atoms. The maximum atomic E-state index is 13.1. The highest BCUT2D eigenvalue weighted by atomic mass is 16.5. The number of ether oxygens (including phenoxy) is 1. The lowest BCUT2D eigenvalue weighted by atomic mass is 9.81. The number of para-hydroxylation sites is 1. The monoisotopic (exact) mass is 412 g/mol. The second-order valence-electron chi connectivity index (χ2n) is 8.67. The van der Waals surface area contributed by atoms with Crippen LogP contribution in [0.3, 0.4) is 0 Å². The average Bonchev–Trinajstić information content (AvgIpc) is 3.48. The van der Waals surface area contributed by atoms with E-state index >= 15 is 0 Å². The number of nitrogens with zero attached hydrogens (tertiary/aromatic N) is 2. The molecule has 6 heteroatoms. The molecule has 31 heavy (non-hydrogen) atoms. The third-order valence-corrected chi connectivity index (χ3v) is 7.07. The zero-order valence-corrected chi connectivity index (χ0v) is 16.7. The second kappa shape index (κ2) is 6.74. The summed E-state index contributed by atoms with van der Waals surface area (Å²) in [6.45, 7) is 0. The number of benzene rings is 2. The molecule has 3 aromatic rings. The number of rotatable bonds is 3. The Hall–Kier alpha value is -3.54. The molecule has 0 unspecified atom stereocenters. The van der Waals surface area contributed by atoms with Crippen LogP contribution in [0.5, 0.6) is 5.75 Å². The summed E-state index contributed by atoms with van der Waals surface area (Å²) in [5.74, 6) is -0.164. The molecule has 6 nitrogen and oxygen atoms in total. The van der Waals surface area contributed by atoms with E-state index in [0.29, 0.717) is 28.8 Å². The van der Waals surface area contributed by atoms with E-state index in [9.17, 15) is 14.4 Å². The number of amides is 2. The molecule has 6 rings (SSSR count). The lowest BCUT2D eigenvalue weighted by Gasteiger charge is -2.19. The highest BCUT2D eigenvalue weighted by Gasteiger charge is 2.61. The van der Waals surface area contributed by atoms with E-state index in [1.807, 2.05) is 18.2 Å². The van der Waals surface area contributed by atoms with Gasteiger partial charge in [-0.2, -0.15) is 0 Å². The van der Waals surface area contributed by atoms with Crippen LogP contribution in [0.25, 0.3) is 10.9 Å². The molecule has 1 saturated heterocycles. The molecule has 2 aliphatic carbocycles. The molecule has 0 radical (unpaired) electrons. The van der Waals surface area contributed by atoms with E-state index in [-0.39, 0.29) is 29.2 Å². The van der Waals surface area contributed by atoms with E-state index in [1.54, 1.807) is 42.6 Å². The summed E-state index contributed by atoms with van der Waals surface area (Å²) in [6.07, 6.45) is 4.70. The Morgan fingerprint density at radius 2 is 1.65 bits per heavy atom. The van der Waals surface area contributed by atoms with Gasteiger partial charge in [-0.3, -0.25) is 19.5 Å². The van der Waals surface area contributed by atoms with Crippen molar-refractivity contribution in [2.45, 2.75) is 19.3 Å². The van der Waals surface area contributed by atoms with Gasteiger partial charge in [0.25, 0.3) is 0 Å². The molecule has 0 spiro atoms. The molecular weight excluding hydrogens is 392 g/mol. The number of anilines is 1. The van der Waals surface area contributed by atoms with Gasteiger partial charge in [0.1, 0.15) is 5.52 Å². The molecule has 2 saturated carbocycles. The first kappa shape index (κ1) is 18.2. The summed E-state index contributed by atoms with van der Waals surface area (Å²) in [5.41, 5.74) is 1.32. The van der Waals surface area contributed by atoms with E-state index in [4.69, 9.17) is 4.74 Å². The molecule has 2 heterocycles. The minimum atomic E-state index is -0.556. The van der Waals surface area contributed by atoms with Gasteiger partial charge in [0.15, 0.2) is 5.75 Å². The normalized spacial score (nSPS) is 26.5. The van der Waals surface area contributed by atoms with Crippen LogP contribution in [0, 0.1) is 23.7 Å². The van der Waals surface area contributed by atoms with Gasteiger partial charge >= 0.3 is 5.97 Å². The third kappa shape index (κ3) is 2.71. The number of pyridine rings is 1. The molecule has 4 atom stereocenters. The number of hydrogen-bond acceptors (Lipinski definition) is 5. The van der Waals surface area contributed by atoms with Gasteiger partial charge in [-0.05, 0) is 61.4 Å².